The van der Waals surface area contributed by atoms with E-state index in [1.165, 1.54) is 30.4 Å². The third kappa shape index (κ3) is 9.13. The standard InChI is InChI=1S/C47H52ClFN5O7PS/c1-3-22-60-46(58)29(2)52-62(59,61-36-14-5-4-6-15-36)42(49)31-16-19-40-33(23-31)25-41(63-40)43(55)51-27-32-10-7-8-13-35-17-18-39(54(35)44(32)56)45(57)53-28-37(30-11-9-12-34(48)24-30)38(26-50)47(53)20-21-47/h4-6,9,11-12,14-16,19,23-25,29,32,35,37-39,42H,3,7-8,10,13,17-18,20-22,27-28H2,1-2H3,(H,51,55)(H,52,59)/t29-,32?,35-,37+,38+,39-,42+,62?/m0/s1. The number of hydrogen-bond acceptors (Lipinski definition) is 9. The fraction of sp³-hybridized carbons (Fsp3) is 0.468. The monoisotopic (exact) mass is 915 g/mol. The minimum atomic E-state index is -4.45. The molecular formula is C47H52ClFN5O7PS. The van der Waals surface area contributed by atoms with Crippen molar-refractivity contribution in [1.29, 1.82) is 5.26 Å². The van der Waals surface area contributed by atoms with Gasteiger partial charge in [-0.05, 0) is 111 Å². The summed E-state index contributed by atoms with van der Waals surface area (Å²) >= 11 is 7.55. The van der Waals surface area contributed by atoms with Crippen LogP contribution in [0.25, 0.3) is 10.1 Å². The molecule has 2 unspecified atom stereocenters. The lowest BCUT2D eigenvalue weighted by molar-refractivity contribution is -0.149. The molecule has 3 saturated heterocycles. The highest BCUT2D eigenvalue weighted by Crippen LogP contribution is 2.59. The molecule has 4 heterocycles. The molecule has 4 fully saturated rings. The fourth-order valence-corrected chi connectivity index (χ4v) is 12.8. The van der Waals surface area contributed by atoms with Gasteiger partial charge in [0.2, 0.25) is 17.7 Å². The molecule has 0 radical (unpaired) electrons. The molecule has 0 bridgehead atoms. The number of benzene rings is 3. The van der Waals surface area contributed by atoms with Crippen LogP contribution in [0.4, 0.5) is 4.39 Å². The highest BCUT2D eigenvalue weighted by Gasteiger charge is 2.64. The van der Waals surface area contributed by atoms with Gasteiger partial charge in [-0.1, -0.05) is 67.8 Å². The number of carbonyl (C=O) groups excluding carboxylic acids is 4. The van der Waals surface area contributed by atoms with E-state index < -0.39 is 48.8 Å². The van der Waals surface area contributed by atoms with Crippen molar-refractivity contribution in [2.75, 3.05) is 19.7 Å². The Morgan fingerprint density at radius 1 is 1.03 bits per heavy atom. The summed E-state index contributed by atoms with van der Waals surface area (Å²) in [5, 5.41) is 17.1. The number of rotatable bonds is 14. The summed E-state index contributed by atoms with van der Waals surface area (Å²) in [5.41, 5.74) is 0.427. The molecule has 3 amide bonds. The van der Waals surface area contributed by atoms with Gasteiger partial charge in [0.15, 0.2) is 0 Å². The molecule has 4 aliphatic rings. The molecule has 1 aliphatic carbocycles. The largest absolute Gasteiger partial charge is 0.465 e. The van der Waals surface area contributed by atoms with Crippen LogP contribution >= 0.6 is 30.5 Å². The first-order valence-electron chi connectivity index (χ1n) is 21.9. The van der Waals surface area contributed by atoms with Crippen molar-refractivity contribution in [3.05, 3.63) is 99.9 Å². The van der Waals surface area contributed by atoms with Crippen molar-refractivity contribution in [2.24, 2.45) is 11.8 Å². The average Bonchev–Trinajstić information content (AvgIpc) is 3.60. The van der Waals surface area contributed by atoms with E-state index in [-0.39, 0.29) is 54.2 Å². The van der Waals surface area contributed by atoms with Gasteiger partial charge in [0, 0.05) is 34.8 Å². The number of alkyl halides is 1. The minimum Gasteiger partial charge on any atom is -0.465 e. The van der Waals surface area contributed by atoms with Gasteiger partial charge in [-0.25, -0.2) is 9.48 Å². The topological polar surface area (TPSA) is 158 Å². The molecule has 2 N–H and O–H groups in total. The van der Waals surface area contributed by atoms with Crippen LogP contribution in [-0.2, 0) is 23.7 Å². The van der Waals surface area contributed by atoms with Crippen LogP contribution in [0.5, 0.6) is 5.75 Å². The summed E-state index contributed by atoms with van der Waals surface area (Å²) in [6.07, 6.45) is 6.44. The van der Waals surface area contributed by atoms with Gasteiger partial charge in [-0.15, -0.1) is 11.3 Å². The molecule has 63 heavy (non-hydrogen) atoms. The zero-order valence-electron chi connectivity index (χ0n) is 35.3. The van der Waals surface area contributed by atoms with E-state index in [0.717, 1.165) is 44.1 Å². The molecule has 332 valence electrons. The van der Waals surface area contributed by atoms with E-state index >= 15 is 4.39 Å². The number of halogens is 2. The Bertz CT molecular complexity index is 2460. The number of amides is 3. The first kappa shape index (κ1) is 44.8. The second kappa shape index (κ2) is 18.7. The third-order valence-electron chi connectivity index (χ3n) is 13.1. The molecule has 1 spiro atoms. The molecule has 3 aromatic carbocycles. The molecule has 16 heteroatoms. The van der Waals surface area contributed by atoms with Crippen molar-refractivity contribution in [1.82, 2.24) is 20.2 Å². The maximum atomic E-state index is 16.5. The number of ether oxygens (including phenoxy) is 1. The van der Waals surface area contributed by atoms with Crippen LogP contribution in [-0.4, -0.2) is 76.9 Å². The normalized spacial score (nSPS) is 24.7. The number of esters is 1. The second-order valence-electron chi connectivity index (χ2n) is 17.3. The van der Waals surface area contributed by atoms with Gasteiger partial charge in [0.05, 0.1) is 34.9 Å². The Morgan fingerprint density at radius 3 is 2.54 bits per heavy atom. The lowest BCUT2D eigenvalue weighted by atomic mass is 9.85. The highest BCUT2D eigenvalue weighted by atomic mass is 35.5. The van der Waals surface area contributed by atoms with E-state index in [0.29, 0.717) is 45.8 Å². The van der Waals surface area contributed by atoms with Crippen LogP contribution in [0.3, 0.4) is 0 Å². The van der Waals surface area contributed by atoms with Crippen LogP contribution in [0.2, 0.25) is 5.02 Å². The van der Waals surface area contributed by atoms with E-state index in [1.54, 1.807) is 53.4 Å². The molecular weight excluding hydrogens is 864 g/mol. The summed E-state index contributed by atoms with van der Waals surface area (Å²) in [6, 6.07) is 22.6. The number of nitrogens with one attached hydrogen (secondary N) is 2. The van der Waals surface area contributed by atoms with Crippen molar-refractivity contribution in [2.45, 2.75) is 107 Å². The summed E-state index contributed by atoms with van der Waals surface area (Å²) in [6.45, 7) is 3.92. The van der Waals surface area contributed by atoms with Crippen LogP contribution in [0, 0.1) is 23.2 Å². The van der Waals surface area contributed by atoms with Gasteiger partial charge in [0.1, 0.15) is 17.8 Å². The number of carbonyl (C=O) groups is 4. The van der Waals surface area contributed by atoms with E-state index in [9.17, 15) is 29.0 Å². The van der Waals surface area contributed by atoms with Crippen LogP contribution in [0.1, 0.15) is 104 Å². The molecule has 1 aromatic heterocycles. The molecule has 8 rings (SSSR count). The molecule has 4 aromatic rings. The lowest BCUT2D eigenvalue weighted by Gasteiger charge is -2.37. The maximum absolute atomic E-state index is 16.5. The first-order valence-corrected chi connectivity index (χ1v) is 24.8. The second-order valence-corrected chi connectivity index (χ2v) is 20.9. The number of thiophene rings is 1. The summed E-state index contributed by atoms with van der Waals surface area (Å²) in [5.74, 6) is -4.43. The fourth-order valence-electron chi connectivity index (χ4n) is 9.75. The number of para-hydroxylation sites is 1. The zero-order valence-corrected chi connectivity index (χ0v) is 37.8. The minimum absolute atomic E-state index is 0.0298. The Labute approximate surface area is 375 Å². The van der Waals surface area contributed by atoms with Gasteiger partial charge in [0.25, 0.3) is 5.91 Å². The van der Waals surface area contributed by atoms with Crippen molar-refractivity contribution in [3.8, 4) is 11.8 Å². The highest BCUT2D eigenvalue weighted by molar-refractivity contribution is 7.57. The predicted octanol–water partition coefficient (Wildman–Crippen LogP) is 9.30. The van der Waals surface area contributed by atoms with Gasteiger partial charge < -0.3 is 24.4 Å². The van der Waals surface area contributed by atoms with E-state index in [4.69, 9.17) is 20.9 Å². The number of nitrogens with zero attached hydrogens (tertiary/aromatic N) is 3. The van der Waals surface area contributed by atoms with Gasteiger partial charge >= 0.3 is 13.5 Å². The average molecular weight is 916 g/mol. The van der Waals surface area contributed by atoms with Crippen molar-refractivity contribution < 1.29 is 37.4 Å². The third-order valence-corrected chi connectivity index (χ3v) is 16.6. The predicted molar refractivity (Wildman–Crippen MR) is 239 cm³/mol. The van der Waals surface area contributed by atoms with E-state index in [1.807, 2.05) is 30.0 Å². The molecule has 3 aliphatic heterocycles. The summed E-state index contributed by atoms with van der Waals surface area (Å²) < 4.78 is 42.5. The van der Waals surface area contributed by atoms with Crippen LogP contribution in [0.15, 0.2) is 78.9 Å². The first-order chi connectivity index (χ1) is 30.4. The summed E-state index contributed by atoms with van der Waals surface area (Å²) in [7, 11) is -4.45. The lowest BCUT2D eigenvalue weighted by Crippen LogP contribution is -2.55. The van der Waals surface area contributed by atoms with E-state index in [2.05, 4.69) is 16.5 Å². The Morgan fingerprint density at radius 2 is 1.81 bits per heavy atom. The van der Waals surface area contributed by atoms with Crippen LogP contribution < -0.4 is 14.9 Å². The Hall–Kier alpha value is -4.80. The SMILES string of the molecule is CCCOC(=O)[C@H](C)NP(=O)(Oc1ccccc1)[C@@H](F)c1ccc2sc(C(=O)NCC3CCCC[C@H]4CC[C@@H](C(=O)N5C[C@H](c6cccc(Cl)c6)[C@@H](C#N)C56CC6)N4C3=O)cc2c1. The van der Waals surface area contributed by atoms with Gasteiger partial charge in [-0.3, -0.25) is 23.7 Å². The molecule has 1 saturated carbocycles. The number of fused-ring (bicyclic) bond motifs is 2. The number of nitriles is 1. The molecule has 12 nitrogen and oxygen atoms in total. The Balaban J connectivity index is 0.957. The smallest absolute Gasteiger partial charge is 0.355 e. The van der Waals surface area contributed by atoms with Gasteiger partial charge in [-0.2, -0.15) is 5.26 Å². The van der Waals surface area contributed by atoms with Crippen molar-refractivity contribution in [3.63, 3.8) is 0 Å². The number of hydrogen-bond donors (Lipinski definition) is 2. The zero-order chi connectivity index (χ0) is 44.5. The van der Waals surface area contributed by atoms with Crippen molar-refractivity contribution >= 4 is 64.2 Å². The quantitative estimate of drug-likeness (QED) is 0.0929. The maximum Gasteiger partial charge on any atom is 0.355 e. The summed E-state index contributed by atoms with van der Waals surface area (Å²) in [4.78, 5) is 59.5. The number of likely N-dealkylation sites (tertiary alicyclic amines) is 1. The Kier molecular flexibility index (Phi) is 13.3. The molecule has 8 atom stereocenters.